The van der Waals surface area contributed by atoms with Crippen LogP contribution < -0.4 is 0 Å². The van der Waals surface area contributed by atoms with E-state index in [1.54, 1.807) is 0 Å². The molecule has 4 heteroatoms. The van der Waals surface area contributed by atoms with Gasteiger partial charge >= 0.3 is 6.09 Å². The minimum absolute atomic E-state index is 0.112. The highest BCUT2D eigenvalue weighted by Crippen LogP contribution is 2.38. The van der Waals surface area contributed by atoms with Crippen molar-refractivity contribution < 1.29 is 14.3 Å². The van der Waals surface area contributed by atoms with Gasteiger partial charge in [-0.1, -0.05) is 47.5 Å². The maximum absolute atomic E-state index is 11.1. The second-order valence-corrected chi connectivity index (χ2v) is 4.53. The fraction of sp³-hybridized carbons (Fsp3) is 0.125. The minimum atomic E-state index is -0.909. The molecule has 2 aromatic rings. The number of amides is 1. The third-order valence-corrected chi connectivity index (χ3v) is 3.44. The van der Waals surface area contributed by atoms with E-state index in [9.17, 15) is 9.59 Å². The Hall–Kier alpha value is -2.71. The number of fused-ring (bicyclic) bond motifs is 3. The molecular formula is C16H11NO3. The molecule has 0 spiro atoms. The van der Waals surface area contributed by atoms with Crippen molar-refractivity contribution in [3.8, 4) is 11.1 Å². The number of rotatable bonds is 2. The molecule has 0 fully saturated rings. The topological polar surface area (TPSA) is 55.7 Å². The summed E-state index contributed by atoms with van der Waals surface area (Å²) in [5.41, 5.74) is 5.77. The van der Waals surface area contributed by atoms with Gasteiger partial charge in [0.05, 0.1) is 0 Å². The summed E-state index contributed by atoms with van der Waals surface area (Å²) in [6.45, 7) is 0.112. The number of nitrogens with zero attached hydrogens (tertiary/aromatic N) is 1. The summed E-state index contributed by atoms with van der Waals surface area (Å²) in [5.74, 6) is 0. The molecule has 0 saturated carbocycles. The fourth-order valence-corrected chi connectivity index (χ4v) is 2.57. The largest absolute Gasteiger partial charge is 0.444 e. The van der Waals surface area contributed by atoms with Crippen molar-refractivity contribution in [2.45, 2.75) is 13.0 Å². The standard InChI is InChI=1S/C16H11NO3/c18-10-17-16(19)20-9-12-5-3-7-14-13-6-2-1-4-11(13)8-15(12)14/h1-7H,8-9H2. The van der Waals surface area contributed by atoms with E-state index in [4.69, 9.17) is 4.74 Å². The van der Waals surface area contributed by atoms with Crippen molar-refractivity contribution in [2.24, 2.45) is 4.99 Å². The van der Waals surface area contributed by atoms with Crippen LogP contribution in [0, 0.1) is 0 Å². The molecule has 0 bridgehead atoms. The van der Waals surface area contributed by atoms with E-state index in [-0.39, 0.29) is 6.61 Å². The van der Waals surface area contributed by atoms with Crippen LogP contribution in [-0.4, -0.2) is 12.2 Å². The number of benzene rings is 2. The molecule has 0 radical (unpaired) electrons. The van der Waals surface area contributed by atoms with Gasteiger partial charge in [-0.15, -0.1) is 0 Å². The average Bonchev–Trinajstić information content (AvgIpc) is 2.84. The van der Waals surface area contributed by atoms with Crippen LogP contribution in [0.5, 0.6) is 0 Å². The monoisotopic (exact) mass is 265 g/mol. The lowest BCUT2D eigenvalue weighted by Crippen LogP contribution is -2.01. The summed E-state index contributed by atoms with van der Waals surface area (Å²) in [7, 11) is 0. The molecule has 0 aliphatic heterocycles. The van der Waals surface area contributed by atoms with Crippen molar-refractivity contribution in [3.63, 3.8) is 0 Å². The van der Waals surface area contributed by atoms with Gasteiger partial charge < -0.3 is 4.74 Å². The van der Waals surface area contributed by atoms with Crippen LogP contribution in [0.1, 0.15) is 16.7 Å². The maximum Gasteiger partial charge on any atom is 0.444 e. The van der Waals surface area contributed by atoms with Gasteiger partial charge in [-0.05, 0) is 34.2 Å². The van der Waals surface area contributed by atoms with E-state index in [0.29, 0.717) is 0 Å². The minimum Gasteiger partial charge on any atom is -0.443 e. The highest BCUT2D eigenvalue weighted by molar-refractivity contribution is 5.78. The predicted octanol–water partition coefficient (Wildman–Crippen LogP) is 3.23. The molecule has 0 aromatic heterocycles. The molecule has 0 unspecified atom stereocenters. The summed E-state index contributed by atoms with van der Waals surface area (Å²) in [6, 6.07) is 14.1. The molecule has 0 N–H and O–H groups in total. The number of carbonyl (C=O) groups is 1. The lowest BCUT2D eigenvalue weighted by molar-refractivity contribution is 0.150. The quantitative estimate of drug-likeness (QED) is 0.528. The second kappa shape index (κ2) is 5.11. The zero-order valence-electron chi connectivity index (χ0n) is 10.6. The third-order valence-electron chi connectivity index (χ3n) is 3.44. The van der Waals surface area contributed by atoms with Gasteiger partial charge in [0.15, 0.2) is 0 Å². The van der Waals surface area contributed by atoms with Gasteiger partial charge in [0, 0.05) is 0 Å². The smallest absolute Gasteiger partial charge is 0.443 e. The molecule has 0 heterocycles. The Labute approximate surface area is 115 Å². The molecule has 4 nitrogen and oxygen atoms in total. The molecular weight excluding hydrogens is 254 g/mol. The maximum atomic E-state index is 11.1. The Morgan fingerprint density at radius 1 is 1.15 bits per heavy atom. The van der Waals surface area contributed by atoms with E-state index in [1.165, 1.54) is 22.8 Å². The van der Waals surface area contributed by atoms with Crippen LogP contribution in [0.3, 0.4) is 0 Å². The van der Waals surface area contributed by atoms with E-state index < -0.39 is 6.09 Å². The van der Waals surface area contributed by atoms with Crippen molar-refractivity contribution in [3.05, 3.63) is 59.2 Å². The van der Waals surface area contributed by atoms with Gasteiger partial charge in [0.1, 0.15) is 6.61 Å². The first-order valence-electron chi connectivity index (χ1n) is 6.23. The van der Waals surface area contributed by atoms with E-state index in [0.717, 1.165) is 17.5 Å². The lowest BCUT2D eigenvalue weighted by atomic mass is 10.0. The zero-order valence-corrected chi connectivity index (χ0v) is 10.6. The molecule has 3 rings (SSSR count). The van der Waals surface area contributed by atoms with Gasteiger partial charge in [0.25, 0.3) is 0 Å². The molecule has 20 heavy (non-hydrogen) atoms. The normalized spacial score (nSPS) is 11.2. The summed E-state index contributed by atoms with van der Waals surface area (Å²) in [4.78, 5) is 24.0. The van der Waals surface area contributed by atoms with Gasteiger partial charge in [0.2, 0.25) is 6.08 Å². The number of ether oxygens (including phenoxy) is 1. The Balaban J connectivity index is 1.89. The predicted molar refractivity (Wildman–Crippen MR) is 73.0 cm³/mol. The van der Waals surface area contributed by atoms with Crippen LogP contribution in [0.15, 0.2) is 47.5 Å². The molecule has 1 amide bonds. The van der Waals surface area contributed by atoms with E-state index in [1.807, 2.05) is 24.3 Å². The van der Waals surface area contributed by atoms with Crippen LogP contribution in [0.2, 0.25) is 0 Å². The lowest BCUT2D eigenvalue weighted by Gasteiger charge is -2.07. The fourth-order valence-electron chi connectivity index (χ4n) is 2.57. The molecule has 1 aliphatic rings. The first kappa shape index (κ1) is 12.3. The Bertz CT molecular complexity index is 730. The van der Waals surface area contributed by atoms with Crippen molar-refractivity contribution in [2.75, 3.05) is 0 Å². The number of hydrogen-bond acceptors (Lipinski definition) is 3. The number of carbonyl (C=O) groups excluding carboxylic acids is 2. The van der Waals surface area contributed by atoms with Crippen molar-refractivity contribution in [1.29, 1.82) is 0 Å². The highest BCUT2D eigenvalue weighted by Gasteiger charge is 2.20. The van der Waals surface area contributed by atoms with Gasteiger partial charge in [-0.2, -0.15) is 0 Å². The first-order valence-corrected chi connectivity index (χ1v) is 6.23. The van der Waals surface area contributed by atoms with Gasteiger partial charge in [-0.3, -0.25) is 0 Å². The molecule has 0 atom stereocenters. The summed E-state index contributed by atoms with van der Waals surface area (Å²) in [6.07, 6.45) is 1.09. The van der Waals surface area contributed by atoms with Crippen LogP contribution >= 0.6 is 0 Å². The Kier molecular flexibility index (Phi) is 3.15. The Morgan fingerprint density at radius 2 is 1.95 bits per heavy atom. The number of isocyanates is 1. The van der Waals surface area contributed by atoms with E-state index in [2.05, 4.69) is 23.2 Å². The third kappa shape index (κ3) is 2.13. The summed E-state index contributed by atoms with van der Waals surface area (Å²) < 4.78 is 4.92. The highest BCUT2D eigenvalue weighted by atomic mass is 16.5. The van der Waals surface area contributed by atoms with Gasteiger partial charge in [-0.25, -0.2) is 9.59 Å². The zero-order chi connectivity index (χ0) is 13.9. The van der Waals surface area contributed by atoms with Crippen molar-refractivity contribution in [1.82, 2.24) is 0 Å². The summed E-state index contributed by atoms with van der Waals surface area (Å²) >= 11 is 0. The molecule has 2 aromatic carbocycles. The van der Waals surface area contributed by atoms with Crippen molar-refractivity contribution >= 4 is 12.2 Å². The molecule has 0 saturated heterocycles. The second-order valence-electron chi connectivity index (χ2n) is 4.53. The number of aliphatic imine (C=N–C) groups is 1. The summed E-state index contributed by atoms with van der Waals surface area (Å²) in [5, 5.41) is 0. The molecule has 98 valence electrons. The van der Waals surface area contributed by atoms with Crippen LogP contribution in [-0.2, 0) is 22.6 Å². The van der Waals surface area contributed by atoms with Crippen LogP contribution in [0.25, 0.3) is 11.1 Å². The Morgan fingerprint density at radius 3 is 2.80 bits per heavy atom. The van der Waals surface area contributed by atoms with Crippen LogP contribution in [0.4, 0.5) is 4.79 Å². The number of hydrogen-bond donors (Lipinski definition) is 0. The average molecular weight is 265 g/mol. The molecule has 1 aliphatic carbocycles. The van der Waals surface area contributed by atoms with E-state index >= 15 is 0 Å². The SMILES string of the molecule is O=C=NC(=O)OCc1cccc2c1Cc1ccccc1-2. The first-order chi connectivity index (χ1) is 9.79.